The number of hydrogen-bond acceptors (Lipinski definition) is 23. The molecular formula is C71H87N9O22. The Bertz CT molecular complexity index is 3890. The lowest BCUT2D eigenvalue weighted by molar-refractivity contribution is -0.256. The van der Waals surface area contributed by atoms with Gasteiger partial charge < -0.3 is 90.0 Å². The largest absolute Gasteiger partial charge is 0.507 e. The van der Waals surface area contributed by atoms with Crippen molar-refractivity contribution in [3.05, 3.63) is 111 Å². The lowest BCUT2D eigenvalue weighted by Crippen LogP contribution is -2.55. The molecule has 0 aromatic heterocycles. The van der Waals surface area contributed by atoms with Crippen LogP contribution < -0.4 is 36.6 Å². The number of aryl methyl sites for hydroxylation is 1. The maximum absolute atomic E-state index is 14.4. The van der Waals surface area contributed by atoms with Crippen molar-refractivity contribution in [2.75, 3.05) is 77.9 Å². The van der Waals surface area contributed by atoms with Crippen LogP contribution >= 0.6 is 0 Å². The molecule has 548 valence electrons. The number of phenolic OH excluding ortho intramolecular Hbond substituents is 2. The van der Waals surface area contributed by atoms with E-state index in [2.05, 4.69) is 26.2 Å². The summed E-state index contributed by atoms with van der Waals surface area (Å²) < 4.78 is 47.0. The third-order valence-electron chi connectivity index (χ3n) is 19.3. The summed E-state index contributed by atoms with van der Waals surface area (Å²) >= 11 is 0. The number of primary amides is 1. The second-order valence-electron chi connectivity index (χ2n) is 26.7. The molecule has 0 saturated carbocycles. The molecule has 1 unspecified atom stereocenters. The van der Waals surface area contributed by atoms with Crippen LogP contribution in [0.3, 0.4) is 0 Å². The summed E-state index contributed by atoms with van der Waals surface area (Å²) in [6.07, 6.45) is -6.36. The highest BCUT2D eigenvalue weighted by atomic mass is 16.7. The molecule has 9 amide bonds. The number of ketones is 3. The van der Waals surface area contributed by atoms with Crippen LogP contribution in [-0.2, 0) is 81.4 Å². The Morgan fingerprint density at radius 3 is 2.16 bits per heavy atom. The van der Waals surface area contributed by atoms with E-state index in [1.54, 1.807) is 76.2 Å². The van der Waals surface area contributed by atoms with Gasteiger partial charge in [0.1, 0.15) is 47.6 Å². The maximum Gasteiger partial charge on any atom is 0.409 e. The summed E-state index contributed by atoms with van der Waals surface area (Å²) in [6.45, 7) is 6.47. The number of nitrogens with zero attached hydrogens (tertiary/aromatic N) is 4. The van der Waals surface area contributed by atoms with Crippen molar-refractivity contribution in [3.8, 4) is 17.2 Å². The fourth-order valence-corrected chi connectivity index (χ4v) is 13.7. The molecular weight excluding hydrogens is 1330 g/mol. The number of aromatic hydroxyl groups is 2. The molecule has 31 nitrogen and oxygen atoms in total. The van der Waals surface area contributed by atoms with Crippen molar-refractivity contribution in [3.63, 3.8) is 0 Å². The van der Waals surface area contributed by atoms with Gasteiger partial charge in [-0.25, -0.2) is 14.4 Å². The zero-order valence-corrected chi connectivity index (χ0v) is 58.0. The van der Waals surface area contributed by atoms with E-state index in [0.717, 1.165) is 10.5 Å². The number of amides is 9. The number of benzene rings is 4. The van der Waals surface area contributed by atoms with Crippen LogP contribution in [-0.4, -0.2) is 218 Å². The van der Waals surface area contributed by atoms with Crippen LogP contribution in [0.4, 0.5) is 25.8 Å². The first-order chi connectivity index (χ1) is 48.6. The van der Waals surface area contributed by atoms with Gasteiger partial charge in [-0.3, -0.25) is 48.2 Å². The number of imide groups is 1. The van der Waals surface area contributed by atoms with Crippen molar-refractivity contribution in [1.29, 1.82) is 0 Å². The molecule has 2 aliphatic carbocycles. The predicted octanol–water partition coefficient (Wildman–Crippen LogP) is 3.99. The van der Waals surface area contributed by atoms with Gasteiger partial charge in [-0.15, -0.1) is 0 Å². The SMILES string of the molecule is COc1cccc2c1C(=O)c1c(O)c3c(c(O)c1C2=O)C[C@@](O)(C(=O)COC(=O)N(C)CCN(C)C(=O)OCc1ccc(NC(=O)[C@H](CCCNC(N)=O)NC(=O)[C@@H](NC(=O)CCCc2ccc(N4C(=O)CC(C)C4=O)cc2)C(C)C)cc1)C[C@@H]3O[C@H]1C[C@H]2[C@H](O[C@@H]3[C@@H](OC)OCCN32)[C@H](C)O1. The third-order valence-corrected chi connectivity index (χ3v) is 19.3. The molecule has 31 heteroatoms. The normalized spacial score (nSPS) is 23.3. The number of carbonyl (C=O) groups is 11. The number of nitrogens with two attached hydrogens (primary N) is 1. The number of carbonyl (C=O) groups excluding carboxylic acids is 11. The molecule has 102 heavy (non-hydrogen) atoms. The first kappa shape index (κ1) is 75.0. The molecule has 4 aromatic carbocycles. The van der Waals surface area contributed by atoms with Crippen LogP contribution in [0.15, 0.2) is 66.7 Å². The van der Waals surface area contributed by atoms with Crippen molar-refractivity contribution in [1.82, 2.24) is 30.7 Å². The number of anilines is 2. The number of methoxy groups -OCH3 is 2. The van der Waals surface area contributed by atoms with Crippen LogP contribution in [0.5, 0.6) is 17.2 Å². The van der Waals surface area contributed by atoms with Crippen molar-refractivity contribution >= 4 is 76.5 Å². The molecule has 4 aliphatic heterocycles. The minimum Gasteiger partial charge on any atom is -0.507 e. The van der Waals surface area contributed by atoms with E-state index in [-0.39, 0.29) is 116 Å². The fraction of sp³-hybridized carbons (Fsp3) is 0.507. The van der Waals surface area contributed by atoms with Crippen LogP contribution in [0.2, 0.25) is 0 Å². The molecule has 11 atom stereocenters. The van der Waals surface area contributed by atoms with Gasteiger partial charge in [0.15, 0.2) is 31.2 Å². The molecule has 0 spiro atoms. The highest BCUT2D eigenvalue weighted by Gasteiger charge is 2.56. The Balaban J connectivity index is 0.711. The third kappa shape index (κ3) is 16.3. The molecule has 9 N–H and O–H groups in total. The van der Waals surface area contributed by atoms with E-state index in [4.69, 9.17) is 43.6 Å². The number of phenols is 2. The number of nitrogens with one attached hydrogen (secondary N) is 4. The first-order valence-electron chi connectivity index (χ1n) is 33.8. The molecule has 0 radical (unpaired) electrons. The summed E-state index contributed by atoms with van der Waals surface area (Å²) in [5.41, 5.74) is 3.16. The van der Waals surface area contributed by atoms with Gasteiger partial charge in [0.05, 0.1) is 48.3 Å². The van der Waals surface area contributed by atoms with E-state index in [0.29, 0.717) is 42.9 Å². The van der Waals surface area contributed by atoms with E-state index in [9.17, 15) is 68.1 Å². The van der Waals surface area contributed by atoms with E-state index in [1.807, 2.05) is 0 Å². The van der Waals surface area contributed by atoms with Gasteiger partial charge in [-0.1, -0.05) is 57.2 Å². The van der Waals surface area contributed by atoms with E-state index >= 15 is 0 Å². The first-order valence-corrected chi connectivity index (χ1v) is 33.8. The Labute approximate surface area is 587 Å². The number of fused-ring (bicyclic) bond motifs is 6. The second-order valence-corrected chi connectivity index (χ2v) is 26.7. The number of likely N-dealkylation sites (N-methyl/N-ethyl adjacent to an activating group) is 2. The average Bonchev–Trinajstić information content (AvgIpc) is 0.995. The standard InChI is InChI=1S/C71H87N9O22/c1-36(2)57(76-50(82)16-9-12-39-19-23-42(24-20-39)80-51(83)30-37(3)65(80)90)64(89)75-45(14-11-25-73-68(72)91)63(88)74-41-21-17-40(18-22-41)34-98-69(92)77(5)26-27-78(6)70(93)99-35-49(81)71(94)32-44-54(61(87)56-55(59(44)85)58(84)43-13-10-15-47(95-7)53(43)60(56)86)48(33-71)101-52-31-46-62(38(4)100-52)102-66-67(96-8)97-29-28-79(46)66/h10,13,15,17-24,36-38,45-46,48,52,57,62,66-67,85,87,94H,9,11-12,14,16,25-35H2,1-8H3,(H,74,88)(H,75,89)(H,76,82)(H3,72,73,91)/t37?,38-,45-,46-,48-,52-,57-,62+,66+,67-,71-/m0/s1. The minimum atomic E-state index is -2.49. The summed E-state index contributed by atoms with van der Waals surface area (Å²) in [7, 11) is 5.58. The number of hydrogen-bond donors (Lipinski definition) is 8. The molecule has 4 aromatic rings. The topological polar surface area (TPSA) is 409 Å². The zero-order chi connectivity index (χ0) is 73.6. The van der Waals surface area contributed by atoms with E-state index in [1.165, 1.54) is 56.3 Å². The fourth-order valence-electron chi connectivity index (χ4n) is 13.7. The Kier molecular flexibility index (Phi) is 23.6. The van der Waals surface area contributed by atoms with Crippen LogP contribution in [0.1, 0.15) is 133 Å². The van der Waals surface area contributed by atoms with E-state index < -0.39 is 150 Å². The molecule has 0 bridgehead atoms. The summed E-state index contributed by atoms with van der Waals surface area (Å²) in [5, 5.41) is 47.5. The second kappa shape index (κ2) is 32.1. The molecule has 10 rings (SSSR count). The van der Waals surface area contributed by atoms with Gasteiger partial charge in [-0.05, 0) is 80.0 Å². The Hall–Kier alpha value is -9.63. The molecule has 4 heterocycles. The lowest BCUT2D eigenvalue weighted by Gasteiger charge is -2.43. The number of ether oxygens (including phenoxy) is 8. The van der Waals surface area contributed by atoms with Gasteiger partial charge in [0, 0.05) is 114 Å². The number of rotatable bonds is 27. The van der Waals surface area contributed by atoms with Gasteiger partial charge >= 0.3 is 18.2 Å². The predicted molar refractivity (Wildman–Crippen MR) is 360 cm³/mol. The summed E-state index contributed by atoms with van der Waals surface area (Å²) in [4.78, 5) is 152. The van der Waals surface area contributed by atoms with Gasteiger partial charge in [-0.2, -0.15) is 0 Å². The molecule has 4 fully saturated rings. The van der Waals surface area contributed by atoms with Gasteiger partial charge in [0.2, 0.25) is 41.1 Å². The highest BCUT2D eigenvalue weighted by molar-refractivity contribution is 6.31. The lowest BCUT2D eigenvalue weighted by atomic mass is 9.72. The van der Waals surface area contributed by atoms with Crippen molar-refractivity contribution < 1.29 is 106 Å². The highest BCUT2D eigenvalue weighted by Crippen LogP contribution is 2.53. The van der Waals surface area contributed by atoms with Crippen LogP contribution in [0, 0.1) is 11.8 Å². The minimum absolute atomic E-state index is 0.0440. The zero-order valence-electron chi connectivity index (χ0n) is 58.0. The quantitative estimate of drug-likeness (QED) is 0.0209. The van der Waals surface area contributed by atoms with Gasteiger partial charge in [0.25, 0.3) is 0 Å². The smallest absolute Gasteiger partial charge is 0.409 e. The van der Waals surface area contributed by atoms with Crippen LogP contribution in [0.25, 0.3) is 0 Å². The Morgan fingerprint density at radius 1 is 0.814 bits per heavy atom. The Morgan fingerprint density at radius 2 is 1.50 bits per heavy atom. The molecule has 4 saturated heterocycles. The molecule has 6 aliphatic rings. The summed E-state index contributed by atoms with van der Waals surface area (Å²) in [5.74, 6) is -7.06. The average molecular weight is 1420 g/mol. The monoisotopic (exact) mass is 1420 g/mol. The number of urea groups is 1. The summed E-state index contributed by atoms with van der Waals surface area (Å²) in [6, 6.07) is 14.4. The number of morpholine rings is 1. The van der Waals surface area contributed by atoms with Crippen molar-refractivity contribution in [2.45, 2.75) is 153 Å². The number of Topliss-reactive ketones (excluding diaryl/α,β-unsaturated/α-hetero) is 1. The maximum atomic E-state index is 14.4. The van der Waals surface area contributed by atoms with Crippen molar-refractivity contribution in [2.24, 2.45) is 17.6 Å². The number of aliphatic hydroxyl groups is 1.